The largest absolute Gasteiger partial charge is 0.360 e. The lowest BCUT2D eigenvalue weighted by atomic mass is 10.0. The second kappa shape index (κ2) is 5.07. The molecule has 0 aliphatic rings. The Balaban J connectivity index is 3.00. The number of rotatable bonds is 3. The Morgan fingerprint density at radius 2 is 1.81 bits per heavy atom. The van der Waals surface area contributed by atoms with Gasteiger partial charge < -0.3 is 4.90 Å². The average molecular weight is 215 g/mol. The molecule has 0 spiro atoms. The van der Waals surface area contributed by atoms with Gasteiger partial charge in [0.2, 0.25) is 0 Å². The summed E-state index contributed by atoms with van der Waals surface area (Å²) in [6.45, 7) is 8.57. The molecule has 0 heterocycles. The molecule has 16 heavy (non-hydrogen) atoms. The quantitative estimate of drug-likeness (QED) is 0.699. The molecule has 0 fully saturated rings. The molecule has 0 radical (unpaired) electrons. The van der Waals surface area contributed by atoms with Gasteiger partial charge in [0.15, 0.2) is 0 Å². The zero-order chi connectivity index (χ0) is 12.3. The average Bonchev–Trinajstić information content (AvgIpc) is 2.22. The molecular weight excluding hydrogens is 194 g/mol. The fraction of sp³-hybridized carbons (Fsp3) is 0.467. The third kappa shape index (κ3) is 2.58. The molecule has 0 saturated heterocycles. The van der Waals surface area contributed by atoms with E-state index in [0.717, 1.165) is 0 Å². The number of hydrogen-bond acceptors (Lipinski definition) is 1. The van der Waals surface area contributed by atoms with Crippen LogP contribution in [0.15, 0.2) is 18.2 Å². The Hall–Kier alpha value is -1.42. The minimum Gasteiger partial charge on any atom is -0.360 e. The van der Waals surface area contributed by atoms with Crippen molar-refractivity contribution in [3.8, 4) is 12.3 Å². The van der Waals surface area contributed by atoms with Crippen molar-refractivity contribution < 1.29 is 0 Å². The Morgan fingerprint density at radius 3 is 2.25 bits per heavy atom. The van der Waals surface area contributed by atoms with Crippen molar-refractivity contribution in [2.45, 2.75) is 33.7 Å². The van der Waals surface area contributed by atoms with Gasteiger partial charge in [-0.25, -0.2) is 0 Å². The molecule has 86 valence electrons. The van der Waals surface area contributed by atoms with Crippen LogP contribution in [-0.4, -0.2) is 13.1 Å². The number of anilines is 1. The van der Waals surface area contributed by atoms with E-state index >= 15 is 0 Å². The van der Waals surface area contributed by atoms with Crippen LogP contribution >= 0.6 is 0 Å². The second-order valence-electron chi connectivity index (χ2n) is 4.73. The Labute approximate surface area is 99.5 Å². The standard InChI is InChI=1S/C15H21N/c1-7-15(11(2)3)16(6)14-9-8-12(4)13(5)10-14/h1,8-11,15H,2-6H3. The van der Waals surface area contributed by atoms with Gasteiger partial charge in [-0.1, -0.05) is 25.8 Å². The Kier molecular flexibility index (Phi) is 4.01. The first-order valence-corrected chi connectivity index (χ1v) is 5.73. The summed E-state index contributed by atoms with van der Waals surface area (Å²) in [5, 5.41) is 0. The third-order valence-electron chi connectivity index (χ3n) is 3.12. The minimum absolute atomic E-state index is 0.155. The normalized spacial score (nSPS) is 12.3. The van der Waals surface area contributed by atoms with Crippen molar-refractivity contribution in [2.24, 2.45) is 5.92 Å². The molecule has 0 saturated carbocycles. The predicted molar refractivity (Wildman–Crippen MR) is 71.8 cm³/mol. The molecule has 1 unspecified atom stereocenters. The van der Waals surface area contributed by atoms with E-state index in [9.17, 15) is 0 Å². The maximum absolute atomic E-state index is 5.59. The summed E-state index contributed by atoms with van der Waals surface area (Å²) < 4.78 is 0. The van der Waals surface area contributed by atoms with Gasteiger partial charge in [0.25, 0.3) is 0 Å². The molecule has 0 amide bonds. The number of aryl methyl sites for hydroxylation is 2. The van der Waals surface area contributed by atoms with Crippen molar-refractivity contribution in [1.29, 1.82) is 0 Å². The number of hydrogen-bond donors (Lipinski definition) is 0. The van der Waals surface area contributed by atoms with Gasteiger partial charge in [-0.15, -0.1) is 6.42 Å². The van der Waals surface area contributed by atoms with Crippen LogP contribution in [0.5, 0.6) is 0 Å². The van der Waals surface area contributed by atoms with E-state index < -0.39 is 0 Å². The Morgan fingerprint density at radius 1 is 1.19 bits per heavy atom. The topological polar surface area (TPSA) is 3.24 Å². The first kappa shape index (κ1) is 12.6. The molecule has 1 atom stereocenters. The molecule has 1 rings (SSSR count). The van der Waals surface area contributed by atoms with Crippen LogP contribution in [0.25, 0.3) is 0 Å². The van der Waals surface area contributed by atoms with Crippen LogP contribution in [0.4, 0.5) is 5.69 Å². The second-order valence-corrected chi connectivity index (χ2v) is 4.73. The molecule has 1 heteroatoms. The maximum atomic E-state index is 5.59. The summed E-state index contributed by atoms with van der Waals surface area (Å²) >= 11 is 0. The monoisotopic (exact) mass is 215 g/mol. The van der Waals surface area contributed by atoms with Crippen LogP contribution in [0, 0.1) is 32.1 Å². The van der Waals surface area contributed by atoms with E-state index in [1.807, 2.05) is 0 Å². The fourth-order valence-electron chi connectivity index (χ4n) is 1.86. The van der Waals surface area contributed by atoms with Crippen molar-refractivity contribution in [3.05, 3.63) is 29.3 Å². The first-order valence-electron chi connectivity index (χ1n) is 5.73. The van der Waals surface area contributed by atoms with E-state index in [4.69, 9.17) is 6.42 Å². The summed E-state index contributed by atoms with van der Waals surface area (Å²) in [6.07, 6.45) is 5.59. The summed E-state index contributed by atoms with van der Waals surface area (Å²) in [4.78, 5) is 2.18. The molecule has 0 aliphatic heterocycles. The van der Waals surface area contributed by atoms with Gasteiger partial charge in [-0.3, -0.25) is 0 Å². The van der Waals surface area contributed by atoms with Gasteiger partial charge in [0.1, 0.15) is 0 Å². The molecule has 0 aromatic heterocycles. The minimum atomic E-state index is 0.155. The van der Waals surface area contributed by atoms with Crippen molar-refractivity contribution >= 4 is 5.69 Å². The number of nitrogens with zero attached hydrogens (tertiary/aromatic N) is 1. The molecule has 1 nitrogen and oxygen atoms in total. The number of terminal acetylenes is 1. The van der Waals surface area contributed by atoms with E-state index in [1.165, 1.54) is 16.8 Å². The lowest BCUT2D eigenvalue weighted by Crippen LogP contribution is -2.34. The van der Waals surface area contributed by atoms with Gasteiger partial charge >= 0.3 is 0 Å². The molecule has 1 aromatic rings. The van der Waals surface area contributed by atoms with Gasteiger partial charge in [-0.2, -0.15) is 0 Å². The zero-order valence-corrected chi connectivity index (χ0v) is 10.9. The highest BCUT2D eigenvalue weighted by Crippen LogP contribution is 2.21. The zero-order valence-electron chi connectivity index (χ0n) is 10.9. The lowest BCUT2D eigenvalue weighted by molar-refractivity contribution is 0.560. The van der Waals surface area contributed by atoms with E-state index in [0.29, 0.717) is 5.92 Å². The summed E-state index contributed by atoms with van der Waals surface area (Å²) in [7, 11) is 2.06. The smallest absolute Gasteiger partial charge is 0.0920 e. The highest BCUT2D eigenvalue weighted by molar-refractivity contribution is 5.52. The first-order chi connectivity index (χ1) is 7.47. The molecule has 1 aromatic carbocycles. The van der Waals surface area contributed by atoms with Crippen LogP contribution in [0.2, 0.25) is 0 Å². The SMILES string of the molecule is C#CC(C(C)C)N(C)c1ccc(C)c(C)c1. The summed E-state index contributed by atoms with van der Waals surface area (Å²) in [5.41, 5.74) is 3.82. The Bertz CT molecular complexity index is 398. The van der Waals surface area contributed by atoms with Crippen LogP contribution < -0.4 is 4.90 Å². The van der Waals surface area contributed by atoms with Crippen LogP contribution in [-0.2, 0) is 0 Å². The molecule has 0 N–H and O–H groups in total. The fourth-order valence-corrected chi connectivity index (χ4v) is 1.86. The molecular formula is C15H21N. The predicted octanol–water partition coefficient (Wildman–Crippen LogP) is 3.40. The maximum Gasteiger partial charge on any atom is 0.0920 e. The summed E-state index contributed by atoms with van der Waals surface area (Å²) in [5.74, 6) is 3.31. The van der Waals surface area contributed by atoms with Crippen molar-refractivity contribution in [3.63, 3.8) is 0 Å². The van der Waals surface area contributed by atoms with Crippen LogP contribution in [0.1, 0.15) is 25.0 Å². The van der Waals surface area contributed by atoms with E-state index in [-0.39, 0.29) is 6.04 Å². The summed E-state index contributed by atoms with van der Waals surface area (Å²) in [6, 6.07) is 6.63. The highest BCUT2D eigenvalue weighted by atomic mass is 15.1. The molecule has 0 bridgehead atoms. The van der Waals surface area contributed by atoms with Crippen molar-refractivity contribution in [2.75, 3.05) is 11.9 Å². The van der Waals surface area contributed by atoms with E-state index in [1.54, 1.807) is 0 Å². The molecule has 0 aliphatic carbocycles. The third-order valence-corrected chi connectivity index (χ3v) is 3.12. The van der Waals surface area contributed by atoms with Gasteiger partial charge in [-0.05, 0) is 43.0 Å². The highest BCUT2D eigenvalue weighted by Gasteiger charge is 2.16. The number of benzene rings is 1. The van der Waals surface area contributed by atoms with Gasteiger partial charge in [0.05, 0.1) is 6.04 Å². The lowest BCUT2D eigenvalue weighted by Gasteiger charge is -2.29. The van der Waals surface area contributed by atoms with Gasteiger partial charge in [0, 0.05) is 12.7 Å². The van der Waals surface area contributed by atoms with E-state index in [2.05, 4.69) is 63.8 Å². The van der Waals surface area contributed by atoms with Crippen molar-refractivity contribution in [1.82, 2.24) is 0 Å². The van der Waals surface area contributed by atoms with Crippen LogP contribution in [0.3, 0.4) is 0 Å².